The molecule has 0 aliphatic rings. The fourth-order valence-electron chi connectivity index (χ4n) is 2.16. The van der Waals surface area contributed by atoms with Crippen LogP contribution >= 0.6 is 0 Å². The third-order valence-electron chi connectivity index (χ3n) is 3.32. The van der Waals surface area contributed by atoms with E-state index in [9.17, 15) is 4.79 Å². The molecular weight excluding hydrogens is 250 g/mol. The molecule has 0 aliphatic carbocycles. The normalized spacial score (nSPS) is 10.7. The van der Waals surface area contributed by atoms with E-state index in [2.05, 4.69) is 10.3 Å². The van der Waals surface area contributed by atoms with Crippen molar-refractivity contribution in [2.45, 2.75) is 13.6 Å². The van der Waals surface area contributed by atoms with Crippen molar-refractivity contribution in [3.05, 3.63) is 70.8 Å². The first-order chi connectivity index (χ1) is 9.75. The van der Waals surface area contributed by atoms with Crippen molar-refractivity contribution < 1.29 is 0 Å². The molecule has 0 amide bonds. The van der Waals surface area contributed by atoms with Gasteiger partial charge in [0.05, 0.1) is 23.9 Å². The molecular formula is C16H15N3O. The first-order valence-electron chi connectivity index (χ1n) is 6.49. The third kappa shape index (κ3) is 2.28. The maximum atomic E-state index is 12.3. The highest BCUT2D eigenvalue weighted by Gasteiger charge is 2.03. The van der Waals surface area contributed by atoms with E-state index in [4.69, 9.17) is 0 Å². The summed E-state index contributed by atoms with van der Waals surface area (Å²) in [6, 6.07) is 15.4. The van der Waals surface area contributed by atoms with Crippen molar-refractivity contribution in [2.24, 2.45) is 0 Å². The van der Waals surface area contributed by atoms with Gasteiger partial charge < -0.3 is 5.32 Å². The van der Waals surface area contributed by atoms with E-state index < -0.39 is 0 Å². The van der Waals surface area contributed by atoms with Gasteiger partial charge in [-0.25, -0.2) is 4.98 Å². The van der Waals surface area contributed by atoms with Crippen molar-refractivity contribution >= 4 is 16.6 Å². The minimum Gasteiger partial charge on any atom is -0.367 e. The second-order valence-electron chi connectivity index (χ2n) is 4.69. The molecule has 20 heavy (non-hydrogen) atoms. The average Bonchev–Trinajstić information content (AvgIpc) is 2.48. The summed E-state index contributed by atoms with van der Waals surface area (Å²) in [6.07, 6.45) is 1.58. The molecule has 0 fully saturated rings. The maximum absolute atomic E-state index is 12.3. The van der Waals surface area contributed by atoms with Gasteiger partial charge in [-0.3, -0.25) is 9.36 Å². The van der Waals surface area contributed by atoms with Crippen LogP contribution in [0.5, 0.6) is 0 Å². The van der Waals surface area contributed by atoms with E-state index in [1.807, 2.05) is 49.4 Å². The largest absolute Gasteiger partial charge is 0.367 e. The van der Waals surface area contributed by atoms with Crippen LogP contribution in [0, 0.1) is 6.92 Å². The molecule has 4 heteroatoms. The van der Waals surface area contributed by atoms with Crippen molar-refractivity contribution in [2.75, 3.05) is 5.32 Å². The summed E-state index contributed by atoms with van der Waals surface area (Å²) in [7, 11) is 0. The SMILES string of the molecule is Cc1ccccc1NCn1cnc2ccccc2c1=O. The Morgan fingerprint density at radius 1 is 1.10 bits per heavy atom. The Bertz CT molecular complexity index is 808. The van der Waals surface area contributed by atoms with Crippen LogP contribution < -0.4 is 10.9 Å². The van der Waals surface area contributed by atoms with Crippen molar-refractivity contribution in [1.82, 2.24) is 9.55 Å². The Morgan fingerprint density at radius 2 is 1.85 bits per heavy atom. The van der Waals surface area contributed by atoms with Crippen molar-refractivity contribution in [3.8, 4) is 0 Å². The standard InChI is InChI=1S/C16H15N3O/c1-12-6-2-4-8-14(12)17-10-19-11-18-15-9-5-3-7-13(15)16(19)20/h2-9,11,17H,10H2,1H3. The lowest BCUT2D eigenvalue weighted by molar-refractivity contribution is 0.728. The number of anilines is 1. The fraction of sp³-hybridized carbons (Fsp3) is 0.125. The van der Waals surface area contributed by atoms with Crippen LogP contribution in [0.1, 0.15) is 5.56 Å². The van der Waals surface area contributed by atoms with Crippen LogP contribution in [-0.4, -0.2) is 9.55 Å². The zero-order chi connectivity index (χ0) is 13.9. The van der Waals surface area contributed by atoms with Crippen LogP contribution in [0.4, 0.5) is 5.69 Å². The van der Waals surface area contributed by atoms with Gasteiger partial charge in [0.25, 0.3) is 5.56 Å². The van der Waals surface area contributed by atoms with Gasteiger partial charge >= 0.3 is 0 Å². The van der Waals surface area contributed by atoms with Gasteiger partial charge in [0, 0.05) is 5.69 Å². The Balaban J connectivity index is 1.90. The molecule has 1 heterocycles. The summed E-state index contributed by atoms with van der Waals surface area (Å²) >= 11 is 0. The van der Waals surface area contributed by atoms with E-state index in [0.29, 0.717) is 12.1 Å². The number of nitrogens with zero attached hydrogens (tertiary/aromatic N) is 2. The molecule has 0 spiro atoms. The minimum atomic E-state index is -0.0308. The van der Waals surface area contributed by atoms with Crippen LogP contribution in [0.15, 0.2) is 59.7 Å². The summed E-state index contributed by atoms with van der Waals surface area (Å²) in [6.45, 7) is 2.44. The molecule has 0 saturated heterocycles. The number of para-hydroxylation sites is 2. The lowest BCUT2D eigenvalue weighted by atomic mass is 10.2. The number of fused-ring (bicyclic) bond motifs is 1. The molecule has 100 valence electrons. The monoisotopic (exact) mass is 265 g/mol. The molecule has 4 nitrogen and oxygen atoms in total. The summed E-state index contributed by atoms with van der Waals surface area (Å²) in [4.78, 5) is 16.6. The fourth-order valence-corrected chi connectivity index (χ4v) is 2.16. The Labute approximate surface area is 116 Å². The lowest BCUT2D eigenvalue weighted by Crippen LogP contribution is -2.24. The Kier molecular flexibility index (Phi) is 3.21. The molecule has 1 N–H and O–H groups in total. The van der Waals surface area contributed by atoms with Crippen LogP contribution in [-0.2, 0) is 6.67 Å². The highest BCUT2D eigenvalue weighted by molar-refractivity contribution is 5.76. The van der Waals surface area contributed by atoms with Crippen LogP contribution in [0.3, 0.4) is 0 Å². The first kappa shape index (κ1) is 12.4. The van der Waals surface area contributed by atoms with Crippen molar-refractivity contribution in [1.29, 1.82) is 0 Å². The molecule has 0 aliphatic heterocycles. The molecule has 0 radical (unpaired) electrons. The topological polar surface area (TPSA) is 46.9 Å². The van der Waals surface area contributed by atoms with Crippen LogP contribution in [0.25, 0.3) is 10.9 Å². The maximum Gasteiger partial charge on any atom is 0.262 e. The molecule has 3 rings (SSSR count). The molecule has 0 unspecified atom stereocenters. The summed E-state index contributed by atoms with van der Waals surface area (Å²) in [5.41, 5.74) is 2.86. The molecule has 1 aromatic heterocycles. The number of aryl methyl sites for hydroxylation is 1. The van der Waals surface area contributed by atoms with Gasteiger partial charge in [-0.1, -0.05) is 30.3 Å². The number of aromatic nitrogens is 2. The molecule has 0 atom stereocenters. The van der Waals surface area contributed by atoms with Gasteiger partial charge in [0.15, 0.2) is 0 Å². The number of hydrogen-bond acceptors (Lipinski definition) is 3. The van der Waals surface area contributed by atoms with Crippen LogP contribution in [0.2, 0.25) is 0 Å². The van der Waals surface area contributed by atoms with Gasteiger partial charge in [-0.2, -0.15) is 0 Å². The zero-order valence-corrected chi connectivity index (χ0v) is 11.2. The number of nitrogens with one attached hydrogen (secondary N) is 1. The first-order valence-corrected chi connectivity index (χ1v) is 6.49. The molecule has 2 aromatic carbocycles. The van der Waals surface area contributed by atoms with Gasteiger partial charge in [0.1, 0.15) is 0 Å². The Hall–Kier alpha value is -2.62. The number of benzene rings is 2. The summed E-state index contributed by atoms with van der Waals surface area (Å²) in [5.74, 6) is 0. The van der Waals surface area contributed by atoms with Gasteiger partial charge in [-0.05, 0) is 30.7 Å². The predicted molar refractivity (Wildman–Crippen MR) is 80.8 cm³/mol. The van der Waals surface area contributed by atoms with E-state index in [0.717, 1.165) is 16.8 Å². The molecule has 3 aromatic rings. The highest BCUT2D eigenvalue weighted by Crippen LogP contribution is 2.13. The van der Waals surface area contributed by atoms with E-state index in [1.54, 1.807) is 17.0 Å². The van der Waals surface area contributed by atoms with Gasteiger partial charge in [0.2, 0.25) is 0 Å². The second kappa shape index (κ2) is 5.17. The lowest BCUT2D eigenvalue weighted by Gasteiger charge is -2.11. The average molecular weight is 265 g/mol. The molecule has 0 saturated carbocycles. The van der Waals surface area contributed by atoms with E-state index in [1.165, 1.54) is 0 Å². The van der Waals surface area contributed by atoms with Gasteiger partial charge in [-0.15, -0.1) is 0 Å². The van der Waals surface area contributed by atoms with E-state index >= 15 is 0 Å². The number of rotatable bonds is 3. The second-order valence-corrected chi connectivity index (χ2v) is 4.69. The van der Waals surface area contributed by atoms with E-state index in [-0.39, 0.29) is 5.56 Å². The predicted octanol–water partition coefficient (Wildman–Crippen LogP) is 2.77. The highest BCUT2D eigenvalue weighted by atomic mass is 16.1. The molecule has 0 bridgehead atoms. The summed E-state index contributed by atoms with van der Waals surface area (Å²) < 4.78 is 1.58. The summed E-state index contributed by atoms with van der Waals surface area (Å²) in [5, 5.41) is 3.90. The quantitative estimate of drug-likeness (QED) is 0.792. The Morgan fingerprint density at radius 3 is 2.70 bits per heavy atom. The minimum absolute atomic E-state index is 0.0308. The zero-order valence-electron chi connectivity index (χ0n) is 11.2. The number of hydrogen-bond donors (Lipinski definition) is 1. The smallest absolute Gasteiger partial charge is 0.262 e. The van der Waals surface area contributed by atoms with Crippen molar-refractivity contribution in [3.63, 3.8) is 0 Å². The third-order valence-corrected chi connectivity index (χ3v) is 3.32.